The molecule has 0 amide bonds. The SMILES string of the molecule is CCCNC1CCC(C(C)(C)C)CC1S(=O)CCC. The van der Waals surface area contributed by atoms with Crippen molar-refractivity contribution in [2.75, 3.05) is 12.3 Å². The van der Waals surface area contributed by atoms with Gasteiger partial charge in [0.25, 0.3) is 0 Å². The fraction of sp³-hybridized carbons (Fsp3) is 1.00. The molecular weight excluding hydrogens is 254 g/mol. The lowest BCUT2D eigenvalue weighted by Crippen LogP contribution is -2.48. The van der Waals surface area contributed by atoms with E-state index in [1.807, 2.05) is 0 Å². The Bertz CT molecular complexity index is 285. The van der Waals surface area contributed by atoms with Gasteiger partial charge in [-0.3, -0.25) is 4.21 Å². The van der Waals surface area contributed by atoms with Gasteiger partial charge in [-0.2, -0.15) is 0 Å². The summed E-state index contributed by atoms with van der Waals surface area (Å²) in [5, 5.41) is 4.00. The van der Waals surface area contributed by atoms with E-state index in [1.165, 1.54) is 12.8 Å². The summed E-state index contributed by atoms with van der Waals surface area (Å²) in [6.45, 7) is 12.4. The molecule has 0 aromatic rings. The van der Waals surface area contributed by atoms with Crippen LogP contribution in [-0.2, 0) is 10.8 Å². The molecule has 1 aliphatic rings. The molecule has 2 nitrogen and oxygen atoms in total. The highest BCUT2D eigenvalue weighted by atomic mass is 32.2. The van der Waals surface area contributed by atoms with Crippen LogP contribution in [0.3, 0.4) is 0 Å². The van der Waals surface area contributed by atoms with Gasteiger partial charge >= 0.3 is 0 Å². The second-order valence-corrected chi connectivity index (χ2v) is 8.84. The van der Waals surface area contributed by atoms with Crippen LogP contribution < -0.4 is 5.32 Å². The molecule has 0 radical (unpaired) electrons. The van der Waals surface area contributed by atoms with Crippen LogP contribution in [0.25, 0.3) is 0 Å². The minimum absolute atomic E-state index is 0.352. The van der Waals surface area contributed by atoms with Crippen LogP contribution in [-0.4, -0.2) is 27.8 Å². The molecule has 1 N–H and O–H groups in total. The van der Waals surface area contributed by atoms with E-state index in [9.17, 15) is 4.21 Å². The fourth-order valence-corrected chi connectivity index (χ4v) is 4.87. The molecule has 0 heterocycles. The lowest BCUT2D eigenvalue weighted by atomic mass is 9.71. The van der Waals surface area contributed by atoms with Gasteiger partial charge in [-0.25, -0.2) is 0 Å². The van der Waals surface area contributed by atoms with Crippen molar-refractivity contribution in [1.82, 2.24) is 5.32 Å². The second kappa shape index (κ2) is 7.78. The van der Waals surface area contributed by atoms with E-state index >= 15 is 0 Å². The Morgan fingerprint density at radius 3 is 2.37 bits per heavy atom. The first-order valence-electron chi connectivity index (χ1n) is 8.00. The van der Waals surface area contributed by atoms with Crippen LogP contribution in [0.2, 0.25) is 0 Å². The van der Waals surface area contributed by atoms with Gasteiger partial charge in [0.05, 0.1) is 5.25 Å². The molecule has 1 fully saturated rings. The van der Waals surface area contributed by atoms with Crippen molar-refractivity contribution in [3.63, 3.8) is 0 Å². The van der Waals surface area contributed by atoms with Gasteiger partial charge in [-0.05, 0) is 50.0 Å². The minimum Gasteiger partial charge on any atom is -0.313 e. The van der Waals surface area contributed by atoms with E-state index in [4.69, 9.17) is 0 Å². The van der Waals surface area contributed by atoms with Crippen LogP contribution >= 0.6 is 0 Å². The minimum atomic E-state index is -0.658. The zero-order valence-electron chi connectivity index (χ0n) is 13.5. The molecule has 0 spiro atoms. The van der Waals surface area contributed by atoms with Crippen molar-refractivity contribution in [2.45, 2.75) is 78.0 Å². The number of nitrogens with one attached hydrogen (secondary N) is 1. The molecule has 1 rings (SSSR count). The third kappa shape index (κ3) is 5.18. The Balaban J connectivity index is 2.71. The summed E-state index contributed by atoms with van der Waals surface area (Å²) >= 11 is 0. The molecule has 1 saturated carbocycles. The summed E-state index contributed by atoms with van der Waals surface area (Å²) in [7, 11) is -0.658. The molecule has 4 atom stereocenters. The highest BCUT2D eigenvalue weighted by molar-refractivity contribution is 7.85. The molecule has 0 bridgehead atoms. The van der Waals surface area contributed by atoms with Gasteiger partial charge in [-0.1, -0.05) is 34.6 Å². The highest BCUT2D eigenvalue weighted by Gasteiger charge is 2.37. The van der Waals surface area contributed by atoms with Crippen molar-refractivity contribution in [3.05, 3.63) is 0 Å². The Hall–Kier alpha value is 0.110. The van der Waals surface area contributed by atoms with Gasteiger partial charge < -0.3 is 5.32 Å². The first-order valence-corrected chi connectivity index (χ1v) is 9.38. The third-order valence-electron chi connectivity index (χ3n) is 4.42. The van der Waals surface area contributed by atoms with Crippen LogP contribution in [0.4, 0.5) is 0 Å². The molecule has 0 aromatic carbocycles. The molecular formula is C16H33NOS. The standard InChI is InChI=1S/C16H33NOS/c1-6-10-17-14-9-8-13(16(3,4)5)12-15(14)19(18)11-7-2/h13-15,17H,6-12H2,1-5H3. The molecule has 4 unspecified atom stereocenters. The summed E-state index contributed by atoms with van der Waals surface area (Å²) in [6, 6.07) is 0.478. The van der Waals surface area contributed by atoms with E-state index in [2.05, 4.69) is 39.9 Å². The van der Waals surface area contributed by atoms with Crippen LogP contribution in [0, 0.1) is 11.3 Å². The first kappa shape index (κ1) is 17.2. The number of hydrogen-bond donors (Lipinski definition) is 1. The van der Waals surface area contributed by atoms with E-state index in [0.717, 1.165) is 37.5 Å². The van der Waals surface area contributed by atoms with Gasteiger partial charge in [0.15, 0.2) is 0 Å². The fourth-order valence-electron chi connectivity index (χ4n) is 3.12. The highest BCUT2D eigenvalue weighted by Crippen LogP contribution is 2.39. The maximum Gasteiger partial charge on any atom is 0.0504 e. The van der Waals surface area contributed by atoms with E-state index in [-0.39, 0.29) is 0 Å². The van der Waals surface area contributed by atoms with Crippen molar-refractivity contribution in [3.8, 4) is 0 Å². The van der Waals surface area contributed by atoms with Crippen molar-refractivity contribution >= 4 is 10.8 Å². The summed E-state index contributed by atoms with van der Waals surface area (Å²) in [4.78, 5) is 0. The van der Waals surface area contributed by atoms with E-state index in [0.29, 0.717) is 16.7 Å². The van der Waals surface area contributed by atoms with E-state index < -0.39 is 10.8 Å². The normalized spacial score (nSPS) is 30.3. The van der Waals surface area contributed by atoms with Gasteiger partial charge in [0.2, 0.25) is 0 Å². The largest absolute Gasteiger partial charge is 0.313 e. The molecule has 1 aliphatic carbocycles. The summed E-state index contributed by atoms with van der Waals surface area (Å²) < 4.78 is 12.5. The van der Waals surface area contributed by atoms with Gasteiger partial charge in [-0.15, -0.1) is 0 Å². The zero-order valence-corrected chi connectivity index (χ0v) is 14.3. The summed E-state index contributed by atoms with van der Waals surface area (Å²) in [6.07, 6.45) is 5.81. The topological polar surface area (TPSA) is 29.1 Å². The zero-order chi connectivity index (χ0) is 14.5. The number of hydrogen-bond acceptors (Lipinski definition) is 2. The van der Waals surface area contributed by atoms with Crippen molar-refractivity contribution in [2.24, 2.45) is 11.3 Å². The lowest BCUT2D eigenvalue weighted by Gasteiger charge is -2.41. The van der Waals surface area contributed by atoms with Gasteiger partial charge in [0.1, 0.15) is 0 Å². The molecule has 0 aromatic heterocycles. The smallest absolute Gasteiger partial charge is 0.0504 e. The van der Waals surface area contributed by atoms with E-state index in [1.54, 1.807) is 0 Å². The summed E-state index contributed by atoms with van der Waals surface area (Å²) in [5.74, 6) is 1.59. The van der Waals surface area contributed by atoms with Crippen LogP contribution in [0.15, 0.2) is 0 Å². The molecule has 114 valence electrons. The molecule has 0 aliphatic heterocycles. The predicted octanol–water partition coefficient (Wildman–Crippen LogP) is 3.73. The average molecular weight is 288 g/mol. The summed E-state index contributed by atoms with van der Waals surface area (Å²) in [5.41, 5.74) is 0.352. The molecule has 0 saturated heterocycles. The average Bonchev–Trinajstić information content (AvgIpc) is 2.35. The Morgan fingerprint density at radius 2 is 1.84 bits per heavy atom. The monoisotopic (exact) mass is 287 g/mol. The number of rotatable bonds is 6. The van der Waals surface area contributed by atoms with Gasteiger partial charge in [0, 0.05) is 22.6 Å². The lowest BCUT2D eigenvalue weighted by molar-refractivity contribution is 0.163. The molecule has 3 heteroatoms. The van der Waals surface area contributed by atoms with Crippen LogP contribution in [0.5, 0.6) is 0 Å². The maximum absolute atomic E-state index is 12.5. The second-order valence-electron chi connectivity index (χ2n) is 7.06. The maximum atomic E-state index is 12.5. The Kier molecular flexibility index (Phi) is 7.02. The first-order chi connectivity index (χ1) is 8.90. The predicted molar refractivity (Wildman–Crippen MR) is 86.0 cm³/mol. The van der Waals surface area contributed by atoms with Crippen LogP contribution in [0.1, 0.15) is 66.7 Å². The Labute approximate surface area is 122 Å². The third-order valence-corrected chi connectivity index (χ3v) is 6.42. The van der Waals surface area contributed by atoms with Crippen molar-refractivity contribution < 1.29 is 4.21 Å². The quantitative estimate of drug-likeness (QED) is 0.806. The van der Waals surface area contributed by atoms with Crippen molar-refractivity contribution in [1.29, 1.82) is 0 Å². The Morgan fingerprint density at radius 1 is 1.16 bits per heavy atom. The molecule has 19 heavy (non-hydrogen) atoms.